The van der Waals surface area contributed by atoms with Crippen molar-refractivity contribution in [3.63, 3.8) is 0 Å². The van der Waals surface area contributed by atoms with Gasteiger partial charge in [0.05, 0.1) is 24.5 Å². The van der Waals surface area contributed by atoms with Crippen LogP contribution in [0.1, 0.15) is 11.1 Å². The van der Waals surface area contributed by atoms with Crippen LogP contribution in [0.15, 0.2) is 73.3 Å². The van der Waals surface area contributed by atoms with Crippen molar-refractivity contribution in [1.82, 2.24) is 9.55 Å². The van der Waals surface area contributed by atoms with Gasteiger partial charge in [0.1, 0.15) is 12.7 Å². The average Bonchev–Trinajstić information content (AvgIpc) is 3.38. The van der Waals surface area contributed by atoms with Crippen LogP contribution in [0.25, 0.3) is 6.08 Å². The molecule has 1 aromatic heterocycles. The molecule has 1 aliphatic heterocycles. The maximum Gasteiger partial charge on any atom is 0.273 e. The predicted octanol–water partition coefficient (Wildman–Crippen LogP) is 5.44. The van der Waals surface area contributed by atoms with E-state index in [0.717, 1.165) is 0 Å². The second kappa shape index (κ2) is 9.18. The summed E-state index contributed by atoms with van der Waals surface area (Å²) in [4.78, 5) is 4.06. The second-order valence-corrected chi connectivity index (χ2v) is 7.68. The van der Waals surface area contributed by atoms with Gasteiger partial charge in [-0.2, -0.15) is 4.39 Å². The Bertz CT molecular complexity index is 1010. The van der Waals surface area contributed by atoms with Crippen molar-refractivity contribution >= 4 is 29.3 Å². The standard InChI is InChI=1S/C22H19Cl2FN2O3/c23-17-6-7-19(20(24)11-17)22(14-27-9-8-26-15-27)29-13-18(30-22)12-28-21(25)10-16-4-2-1-3-5-16/h1-11,15,18H,12-14H2. The Balaban J connectivity index is 1.49. The summed E-state index contributed by atoms with van der Waals surface area (Å²) in [5, 5.41) is 0.923. The number of ether oxygens (including phenoxy) is 3. The van der Waals surface area contributed by atoms with Gasteiger partial charge < -0.3 is 18.8 Å². The maximum absolute atomic E-state index is 14.2. The molecule has 2 atom stereocenters. The molecule has 0 bridgehead atoms. The third kappa shape index (κ3) is 4.84. The van der Waals surface area contributed by atoms with E-state index in [1.807, 2.05) is 22.8 Å². The van der Waals surface area contributed by atoms with Crippen LogP contribution in [0.5, 0.6) is 0 Å². The summed E-state index contributed by atoms with van der Waals surface area (Å²) in [5.74, 6) is -1.17. The summed E-state index contributed by atoms with van der Waals surface area (Å²) in [6.07, 6.45) is 5.95. The molecule has 0 radical (unpaired) electrons. The summed E-state index contributed by atoms with van der Waals surface area (Å²) >= 11 is 12.5. The molecule has 0 saturated carbocycles. The van der Waals surface area contributed by atoms with Crippen molar-refractivity contribution in [2.45, 2.75) is 18.4 Å². The van der Waals surface area contributed by atoms with Crippen molar-refractivity contribution in [2.24, 2.45) is 0 Å². The molecule has 0 N–H and O–H groups in total. The van der Waals surface area contributed by atoms with Crippen molar-refractivity contribution < 1.29 is 18.6 Å². The van der Waals surface area contributed by atoms with Crippen molar-refractivity contribution in [1.29, 1.82) is 0 Å². The van der Waals surface area contributed by atoms with E-state index in [0.29, 0.717) is 27.7 Å². The lowest BCUT2D eigenvalue weighted by Crippen LogP contribution is -2.34. The number of benzene rings is 2. The number of aromatic nitrogens is 2. The zero-order valence-corrected chi connectivity index (χ0v) is 17.4. The lowest BCUT2D eigenvalue weighted by atomic mass is 10.1. The molecule has 3 aromatic rings. The topological polar surface area (TPSA) is 45.5 Å². The second-order valence-electron chi connectivity index (χ2n) is 6.83. The third-order valence-electron chi connectivity index (χ3n) is 4.64. The summed E-state index contributed by atoms with van der Waals surface area (Å²) in [7, 11) is 0. The summed E-state index contributed by atoms with van der Waals surface area (Å²) < 4.78 is 33.5. The smallest absolute Gasteiger partial charge is 0.273 e. The fourth-order valence-electron chi connectivity index (χ4n) is 3.27. The average molecular weight is 449 g/mol. The van der Waals surface area contributed by atoms with Gasteiger partial charge in [0, 0.05) is 29.1 Å². The molecule has 8 heteroatoms. The molecule has 2 unspecified atom stereocenters. The van der Waals surface area contributed by atoms with Gasteiger partial charge in [-0.15, -0.1) is 0 Å². The molecule has 30 heavy (non-hydrogen) atoms. The number of nitrogens with zero attached hydrogens (tertiary/aromatic N) is 2. The van der Waals surface area contributed by atoms with Crippen LogP contribution in [0, 0.1) is 0 Å². The third-order valence-corrected chi connectivity index (χ3v) is 5.19. The zero-order chi connectivity index (χ0) is 21.0. The Morgan fingerprint density at radius 2 is 2.10 bits per heavy atom. The number of hydrogen-bond donors (Lipinski definition) is 0. The minimum atomic E-state index is -1.17. The van der Waals surface area contributed by atoms with Gasteiger partial charge in [0.25, 0.3) is 6.01 Å². The Morgan fingerprint density at radius 1 is 1.27 bits per heavy atom. The van der Waals surface area contributed by atoms with Crippen LogP contribution in [0.2, 0.25) is 10.0 Å². The van der Waals surface area contributed by atoms with E-state index < -0.39 is 17.9 Å². The van der Waals surface area contributed by atoms with E-state index in [9.17, 15) is 4.39 Å². The molecule has 156 valence electrons. The minimum Gasteiger partial charge on any atom is -0.468 e. The van der Waals surface area contributed by atoms with Gasteiger partial charge in [-0.3, -0.25) is 0 Å². The Hall–Kier alpha value is -2.38. The molecule has 5 nitrogen and oxygen atoms in total. The highest BCUT2D eigenvalue weighted by atomic mass is 35.5. The fraction of sp³-hybridized carbons (Fsp3) is 0.227. The summed E-state index contributed by atoms with van der Waals surface area (Å²) in [6, 6.07) is 13.5. The largest absolute Gasteiger partial charge is 0.468 e. The van der Waals surface area contributed by atoms with E-state index in [-0.39, 0.29) is 13.2 Å². The molecular weight excluding hydrogens is 430 g/mol. The first-order valence-electron chi connectivity index (χ1n) is 9.32. The van der Waals surface area contributed by atoms with E-state index in [4.69, 9.17) is 37.4 Å². The summed E-state index contributed by atoms with van der Waals surface area (Å²) in [5.41, 5.74) is 1.34. The maximum atomic E-state index is 14.2. The predicted molar refractivity (Wildman–Crippen MR) is 113 cm³/mol. The van der Waals surface area contributed by atoms with Crippen LogP contribution in [0.3, 0.4) is 0 Å². The lowest BCUT2D eigenvalue weighted by Gasteiger charge is -2.29. The van der Waals surface area contributed by atoms with E-state index >= 15 is 0 Å². The van der Waals surface area contributed by atoms with Crippen molar-refractivity contribution in [3.05, 3.63) is 94.4 Å². The van der Waals surface area contributed by atoms with Gasteiger partial charge in [-0.25, -0.2) is 4.98 Å². The SMILES string of the molecule is FC(=Cc1ccccc1)OCC1COC(Cn2ccnc2)(c2ccc(Cl)cc2Cl)O1. The highest BCUT2D eigenvalue weighted by Crippen LogP contribution is 2.40. The van der Waals surface area contributed by atoms with Crippen LogP contribution in [-0.2, 0) is 26.5 Å². The highest BCUT2D eigenvalue weighted by molar-refractivity contribution is 6.35. The normalized spacial score (nSPS) is 21.7. The van der Waals surface area contributed by atoms with Crippen LogP contribution < -0.4 is 0 Å². The first-order chi connectivity index (χ1) is 14.5. The minimum absolute atomic E-state index is 0.00788. The Kier molecular flexibility index (Phi) is 6.39. The molecule has 1 aliphatic rings. The van der Waals surface area contributed by atoms with E-state index in [1.165, 1.54) is 6.08 Å². The fourth-order valence-corrected chi connectivity index (χ4v) is 3.82. The van der Waals surface area contributed by atoms with E-state index in [2.05, 4.69) is 4.98 Å². The first-order valence-corrected chi connectivity index (χ1v) is 10.1. The first kappa shape index (κ1) is 20.9. The quantitative estimate of drug-likeness (QED) is 0.451. The van der Waals surface area contributed by atoms with E-state index in [1.54, 1.807) is 49.1 Å². The molecule has 4 rings (SSSR count). The van der Waals surface area contributed by atoms with Gasteiger partial charge in [-0.1, -0.05) is 59.6 Å². The number of imidazole rings is 1. The monoisotopic (exact) mass is 448 g/mol. The molecule has 0 spiro atoms. The number of hydrogen-bond acceptors (Lipinski definition) is 4. The molecule has 0 aliphatic carbocycles. The molecule has 1 saturated heterocycles. The van der Waals surface area contributed by atoms with Crippen molar-refractivity contribution in [3.8, 4) is 0 Å². The zero-order valence-electron chi connectivity index (χ0n) is 15.9. The molecule has 0 amide bonds. The Labute approximate surface area is 183 Å². The molecule has 1 fully saturated rings. The van der Waals surface area contributed by atoms with Gasteiger partial charge in [-0.05, 0) is 17.7 Å². The highest BCUT2D eigenvalue weighted by Gasteiger charge is 2.45. The number of rotatable bonds is 7. The Morgan fingerprint density at radius 3 is 2.83 bits per heavy atom. The lowest BCUT2D eigenvalue weighted by molar-refractivity contribution is -0.190. The van der Waals surface area contributed by atoms with Crippen LogP contribution in [-0.4, -0.2) is 28.9 Å². The number of halogens is 3. The van der Waals surface area contributed by atoms with Gasteiger partial charge in [0.15, 0.2) is 0 Å². The van der Waals surface area contributed by atoms with Crippen molar-refractivity contribution in [2.75, 3.05) is 13.2 Å². The van der Waals surface area contributed by atoms with Crippen LogP contribution >= 0.6 is 23.2 Å². The van der Waals surface area contributed by atoms with Gasteiger partial charge >= 0.3 is 0 Å². The van der Waals surface area contributed by atoms with Gasteiger partial charge in [0.2, 0.25) is 5.79 Å². The molecular formula is C22H19Cl2FN2O3. The summed E-state index contributed by atoms with van der Waals surface area (Å²) in [6.45, 7) is 0.519. The molecule has 2 aromatic carbocycles. The molecule has 2 heterocycles. The van der Waals surface area contributed by atoms with Crippen LogP contribution in [0.4, 0.5) is 4.39 Å².